The molecule has 2 aromatic rings. The number of hydrogen-bond acceptors (Lipinski definition) is 4. The van der Waals surface area contributed by atoms with Crippen LogP contribution in [0.15, 0.2) is 41.3 Å². The van der Waals surface area contributed by atoms with Crippen molar-refractivity contribution in [2.24, 2.45) is 0 Å². The van der Waals surface area contributed by atoms with Gasteiger partial charge >= 0.3 is 0 Å². The average Bonchev–Trinajstić information content (AvgIpc) is 2.43. The Balaban J connectivity index is 2.46. The third-order valence-electron chi connectivity index (χ3n) is 2.67. The first kappa shape index (κ1) is 15.8. The van der Waals surface area contributed by atoms with Crippen molar-refractivity contribution in [2.45, 2.75) is 4.90 Å². The highest BCUT2D eigenvalue weighted by Gasteiger charge is 2.21. The molecule has 0 unspecified atom stereocenters. The van der Waals surface area contributed by atoms with Gasteiger partial charge in [0.05, 0.1) is 22.8 Å². The van der Waals surface area contributed by atoms with Crippen LogP contribution < -0.4 is 15.2 Å². The van der Waals surface area contributed by atoms with Gasteiger partial charge < -0.3 is 10.5 Å². The molecule has 3 N–H and O–H groups in total. The Labute approximate surface area is 132 Å². The molecule has 0 fully saturated rings. The van der Waals surface area contributed by atoms with Crippen LogP contribution >= 0.6 is 23.2 Å². The van der Waals surface area contributed by atoms with Gasteiger partial charge in [-0.05, 0) is 24.3 Å². The summed E-state index contributed by atoms with van der Waals surface area (Å²) < 4.78 is 32.3. The molecular weight excluding hydrogens is 335 g/mol. The van der Waals surface area contributed by atoms with E-state index in [9.17, 15) is 8.42 Å². The van der Waals surface area contributed by atoms with E-state index < -0.39 is 10.0 Å². The van der Waals surface area contributed by atoms with Crippen LogP contribution in [0.1, 0.15) is 0 Å². The lowest BCUT2D eigenvalue weighted by Crippen LogP contribution is -2.14. The van der Waals surface area contributed by atoms with Crippen molar-refractivity contribution < 1.29 is 13.2 Å². The predicted octanol–water partition coefficient (Wildman–Crippen LogP) is 3.39. The standard InChI is InChI=1S/C13H12Cl2N2O3S/c1-20-11-7-8(16)5-6-12(11)21(18,19)17-10-4-2-3-9(14)13(10)15/h2-7,17H,16H2,1H3. The number of sulfonamides is 1. The molecule has 21 heavy (non-hydrogen) atoms. The Morgan fingerprint density at radius 1 is 1.19 bits per heavy atom. The fourth-order valence-electron chi connectivity index (χ4n) is 1.69. The summed E-state index contributed by atoms with van der Waals surface area (Å²) in [5.74, 6) is 0.139. The summed E-state index contributed by atoms with van der Waals surface area (Å²) in [4.78, 5) is -0.0461. The van der Waals surface area contributed by atoms with E-state index in [1.54, 1.807) is 12.1 Å². The molecule has 0 radical (unpaired) electrons. The molecule has 0 aliphatic heterocycles. The minimum absolute atomic E-state index is 0.0461. The molecule has 0 amide bonds. The molecule has 0 heterocycles. The molecule has 8 heteroatoms. The molecule has 0 saturated heterocycles. The van der Waals surface area contributed by atoms with Crippen molar-refractivity contribution in [3.63, 3.8) is 0 Å². The van der Waals surface area contributed by atoms with Crippen LogP contribution in [0.3, 0.4) is 0 Å². The van der Waals surface area contributed by atoms with Crippen molar-refractivity contribution in [3.8, 4) is 5.75 Å². The fraction of sp³-hybridized carbons (Fsp3) is 0.0769. The summed E-state index contributed by atoms with van der Waals surface area (Å²) >= 11 is 11.8. The van der Waals surface area contributed by atoms with E-state index in [4.69, 9.17) is 33.7 Å². The Morgan fingerprint density at radius 3 is 2.57 bits per heavy atom. The number of ether oxygens (including phenoxy) is 1. The third kappa shape index (κ3) is 3.34. The van der Waals surface area contributed by atoms with Gasteiger partial charge in [0.1, 0.15) is 10.6 Å². The fourth-order valence-corrected chi connectivity index (χ4v) is 3.32. The summed E-state index contributed by atoms with van der Waals surface area (Å²) in [5.41, 5.74) is 6.19. The second kappa shape index (κ2) is 6.01. The number of methoxy groups -OCH3 is 1. The Kier molecular flexibility index (Phi) is 4.51. The van der Waals surface area contributed by atoms with E-state index in [0.717, 1.165) is 0 Å². The second-order valence-corrected chi connectivity index (χ2v) is 6.55. The number of halogens is 2. The summed E-state index contributed by atoms with van der Waals surface area (Å²) in [6.07, 6.45) is 0. The van der Waals surface area contributed by atoms with Gasteiger partial charge in [-0.25, -0.2) is 8.42 Å². The maximum Gasteiger partial charge on any atom is 0.265 e. The predicted molar refractivity (Wildman–Crippen MR) is 84.7 cm³/mol. The van der Waals surface area contributed by atoms with E-state index >= 15 is 0 Å². The smallest absolute Gasteiger partial charge is 0.265 e. The number of rotatable bonds is 4. The van der Waals surface area contributed by atoms with E-state index in [2.05, 4.69) is 4.72 Å². The van der Waals surface area contributed by atoms with E-state index in [1.807, 2.05) is 0 Å². The van der Waals surface area contributed by atoms with Crippen LogP contribution in [0.2, 0.25) is 10.0 Å². The first-order valence-corrected chi connectivity index (χ1v) is 7.99. The second-order valence-electron chi connectivity index (χ2n) is 4.12. The normalized spacial score (nSPS) is 11.2. The lowest BCUT2D eigenvalue weighted by Gasteiger charge is -2.13. The van der Waals surface area contributed by atoms with E-state index in [0.29, 0.717) is 5.69 Å². The summed E-state index contributed by atoms with van der Waals surface area (Å²) in [7, 11) is -2.52. The molecule has 0 aromatic heterocycles. The number of nitrogens with one attached hydrogen (secondary N) is 1. The Hall–Kier alpha value is -1.63. The lowest BCUT2D eigenvalue weighted by atomic mass is 10.3. The summed E-state index contributed by atoms with van der Waals surface area (Å²) in [6, 6.07) is 8.91. The van der Waals surface area contributed by atoms with E-state index in [-0.39, 0.29) is 26.4 Å². The molecule has 0 aliphatic carbocycles. The highest BCUT2D eigenvalue weighted by Crippen LogP contribution is 2.33. The van der Waals surface area contributed by atoms with Gasteiger partial charge in [0.2, 0.25) is 0 Å². The zero-order chi connectivity index (χ0) is 15.6. The van der Waals surface area contributed by atoms with Crippen LogP contribution in [-0.4, -0.2) is 15.5 Å². The van der Waals surface area contributed by atoms with Gasteiger partial charge in [-0.15, -0.1) is 0 Å². The van der Waals surface area contributed by atoms with Crippen molar-refractivity contribution in [1.29, 1.82) is 0 Å². The lowest BCUT2D eigenvalue weighted by molar-refractivity contribution is 0.403. The molecule has 0 spiro atoms. The van der Waals surface area contributed by atoms with E-state index in [1.165, 1.54) is 31.4 Å². The third-order valence-corrected chi connectivity index (χ3v) is 4.90. The van der Waals surface area contributed by atoms with Crippen LogP contribution in [0.4, 0.5) is 11.4 Å². The molecule has 2 aromatic carbocycles. The highest BCUT2D eigenvalue weighted by atomic mass is 35.5. The molecule has 0 atom stereocenters. The van der Waals surface area contributed by atoms with Gasteiger partial charge in [0.25, 0.3) is 10.0 Å². The number of hydrogen-bond donors (Lipinski definition) is 2. The average molecular weight is 347 g/mol. The maximum absolute atomic E-state index is 12.4. The van der Waals surface area contributed by atoms with Gasteiger partial charge in [-0.1, -0.05) is 29.3 Å². The van der Waals surface area contributed by atoms with Crippen LogP contribution in [0.25, 0.3) is 0 Å². The molecule has 2 rings (SSSR count). The van der Waals surface area contributed by atoms with Gasteiger partial charge in [-0.3, -0.25) is 4.72 Å². The topological polar surface area (TPSA) is 81.4 Å². The Bertz CT molecular complexity index is 779. The summed E-state index contributed by atoms with van der Waals surface area (Å²) in [5, 5.41) is 0.373. The minimum Gasteiger partial charge on any atom is -0.495 e. The number of anilines is 2. The number of benzene rings is 2. The molecular formula is C13H12Cl2N2O3S. The van der Waals surface area contributed by atoms with Crippen molar-refractivity contribution in [1.82, 2.24) is 0 Å². The van der Waals surface area contributed by atoms with Crippen molar-refractivity contribution >= 4 is 44.6 Å². The van der Waals surface area contributed by atoms with Gasteiger partial charge in [0.15, 0.2) is 0 Å². The SMILES string of the molecule is COc1cc(N)ccc1S(=O)(=O)Nc1cccc(Cl)c1Cl. The largest absolute Gasteiger partial charge is 0.495 e. The van der Waals surface area contributed by atoms with Crippen molar-refractivity contribution in [2.75, 3.05) is 17.6 Å². The zero-order valence-corrected chi connectivity index (χ0v) is 13.3. The molecule has 112 valence electrons. The van der Waals surface area contributed by atoms with Gasteiger partial charge in [0, 0.05) is 11.8 Å². The first-order chi connectivity index (χ1) is 9.85. The molecule has 0 saturated carbocycles. The highest BCUT2D eigenvalue weighted by molar-refractivity contribution is 7.92. The monoisotopic (exact) mass is 346 g/mol. The zero-order valence-electron chi connectivity index (χ0n) is 10.9. The van der Waals surface area contributed by atoms with Crippen LogP contribution in [0.5, 0.6) is 5.75 Å². The van der Waals surface area contributed by atoms with Crippen LogP contribution in [0, 0.1) is 0 Å². The minimum atomic E-state index is -3.89. The first-order valence-electron chi connectivity index (χ1n) is 5.75. The quantitative estimate of drug-likeness (QED) is 0.831. The maximum atomic E-state index is 12.4. The molecule has 0 bridgehead atoms. The van der Waals surface area contributed by atoms with Crippen LogP contribution in [-0.2, 0) is 10.0 Å². The number of nitrogen functional groups attached to an aromatic ring is 1. The molecule has 0 aliphatic rings. The molecule has 5 nitrogen and oxygen atoms in total. The van der Waals surface area contributed by atoms with Gasteiger partial charge in [-0.2, -0.15) is 0 Å². The summed E-state index contributed by atoms with van der Waals surface area (Å²) in [6.45, 7) is 0. The Morgan fingerprint density at radius 2 is 1.90 bits per heavy atom. The van der Waals surface area contributed by atoms with Crippen molar-refractivity contribution in [3.05, 3.63) is 46.4 Å². The number of nitrogens with two attached hydrogens (primary N) is 1.